The molecule has 0 aromatic heterocycles. The van der Waals surface area contributed by atoms with Gasteiger partial charge < -0.3 is 0 Å². The predicted molar refractivity (Wildman–Crippen MR) is 116 cm³/mol. The Labute approximate surface area is 161 Å². The molecule has 134 valence electrons. The lowest BCUT2D eigenvalue weighted by atomic mass is 9.79. The van der Waals surface area contributed by atoms with Gasteiger partial charge in [0, 0.05) is 17.1 Å². The van der Waals surface area contributed by atoms with Crippen molar-refractivity contribution in [2.24, 2.45) is 4.99 Å². The van der Waals surface area contributed by atoms with Gasteiger partial charge in [-0.25, -0.2) is 4.99 Å². The van der Waals surface area contributed by atoms with Crippen LogP contribution in [0.15, 0.2) is 57.6 Å². The summed E-state index contributed by atoms with van der Waals surface area (Å²) in [6.45, 7) is 13.5. The molecular formula is C26H25N. The summed E-state index contributed by atoms with van der Waals surface area (Å²) in [7, 11) is 0. The molecule has 2 aromatic carbocycles. The van der Waals surface area contributed by atoms with E-state index in [9.17, 15) is 0 Å². The van der Waals surface area contributed by atoms with E-state index in [-0.39, 0.29) is 0 Å². The second-order valence-corrected chi connectivity index (χ2v) is 8.29. The first-order valence-electron chi connectivity index (χ1n) is 9.80. The summed E-state index contributed by atoms with van der Waals surface area (Å²) in [6.07, 6.45) is 2.36. The zero-order valence-electron chi connectivity index (χ0n) is 17.0. The van der Waals surface area contributed by atoms with E-state index in [1.54, 1.807) is 0 Å². The molecule has 0 fully saturated rings. The number of hydrogen-bond donors (Lipinski definition) is 0. The van der Waals surface area contributed by atoms with Gasteiger partial charge >= 0.3 is 0 Å². The second-order valence-electron chi connectivity index (χ2n) is 8.29. The van der Waals surface area contributed by atoms with Crippen LogP contribution in [0, 0.1) is 13.8 Å². The summed E-state index contributed by atoms with van der Waals surface area (Å²) in [6, 6.07) is 11.1. The summed E-state index contributed by atoms with van der Waals surface area (Å²) in [5.41, 5.74) is 17.6. The van der Waals surface area contributed by atoms with Crippen molar-refractivity contribution in [3.05, 3.63) is 86.0 Å². The molecule has 0 saturated carbocycles. The first kappa shape index (κ1) is 16.5. The molecule has 2 aliphatic carbocycles. The van der Waals surface area contributed by atoms with Crippen LogP contribution in [-0.2, 0) is 0 Å². The molecule has 0 N–H and O–H groups in total. The third-order valence-electron chi connectivity index (χ3n) is 6.88. The lowest BCUT2D eigenvalue weighted by molar-refractivity contribution is 0.952. The van der Waals surface area contributed by atoms with Crippen molar-refractivity contribution in [3.8, 4) is 0 Å². The van der Waals surface area contributed by atoms with Crippen LogP contribution in [0.25, 0.3) is 11.6 Å². The van der Waals surface area contributed by atoms with E-state index in [0.717, 1.165) is 5.69 Å². The molecule has 2 aromatic rings. The maximum Gasteiger partial charge on any atom is 0.0751 e. The number of allylic oxidation sites excluding steroid dienone is 5. The highest BCUT2D eigenvalue weighted by Crippen LogP contribution is 2.53. The number of aryl methyl sites for hydroxylation is 1. The molecular weight excluding hydrogens is 326 g/mol. The molecule has 0 spiro atoms. The van der Waals surface area contributed by atoms with Gasteiger partial charge in [0.1, 0.15) is 0 Å². The number of aliphatic imine (C=N–C) groups is 1. The predicted octanol–water partition coefficient (Wildman–Crippen LogP) is 7.06. The summed E-state index contributed by atoms with van der Waals surface area (Å²) in [4.78, 5) is 5.09. The van der Waals surface area contributed by atoms with Gasteiger partial charge in [-0.15, -0.1) is 0 Å². The van der Waals surface area contributed by atoms with Gasteiger partial charge in [0.15, 0.2) is 0 Å². The van der Waals surface area contributed by atoms with Crippen LogP contribution in [0.3, 0.4) is 0 Å². The molecule has 0 radical (unpaired) electrons. The molecule has 1 atom stereocenters. The Bertz CT molecular complexity index is 1160. The first-order chi connectivity index (χ1) is 12.9. The number of nitrogens with zero attached hydrogens (tertiary/aromatic N) is 1. The molecule has 5 rings (SSSR count). The maximum atomic E-state index is 5.09. The normalized spacial score (nSPS) is 20.0. The van der Waals surface area contributed by atoms with Crippen molar-refractivity contribution in [1.29, 1.82) is 0 Å². The summed E-state index contributed by atoms with van der Waals surface area (Å²) in [5.74, 6) is 0.325. The smallest absolute Gasteiger partial charge is 0.0751 e. The third kappa shape index (κ3) is 2.03. The maximum absolute atomic E-state index is 5.09. The Morgan fingerprint density at radius 2 is 1.59 bits per heavy atom. The van der Waals surface area contributed by atoms with Crippen molar-refractivity contribution >= 4 is 23.0 Å². The molecule has 3 aliphatic rings. The number of rotatable bonds is 1. The average Bonchev–Trinajstić information content (AvgIpc) is 3.24. The van der Waals surface area contributed by atoms with E-state index >= 15 is 0 Å². The van der Waals surface area contributed by atoms with Crippen molar-refractivity contribution in [3.63, 3.8) is 0 Å². The molecule has 1 aliphatic heterocycles. The first-order valence-corrected chi connectivity index (χ1v) is 9.80. The molecule has 1 unspecified atom stereocenters. The van der Waals surface area contributed by atoms with Gasteiger partial charge in [-0.3, -0.25) is 0 Å². The highest BCUT2D eigenvalue weighted by molar-refractivity contribution is 6.39. The number of hydrogen-bond acceptors (Lipinski definition) is 1. The zero-order chi connectivity index (χ0) is 19.0. The Balaban J connectivity index is 1.83. The van der Waals surface area contributed by atoms with E-state index in [1.807, 2.05) is 0 Å². The van der Waals surface area contributed by atoms with Gasteiger partial charge in [0.2, 0.25) is 0 Å². The minimum atomic E-state index is 0.325. The Hall–Kier alpha value is -2.67. The Morgan fingerprint density at radius 1 is 0.852 bits per heavy atom. The second kappa shape index (κ2) is 5.42. The van der Waals surface area contributed by atoms with Gasteiger partial charge in [0.25, 0.3) is 0 Å². The lowest BCUT2D eigenvalue weighted by Crippen LogP contribution is -2.08. The zero-order valence-corrected chi connectivity index (χ0v) is 17.0. The van der Waals surface area contributed by atoms with Crippen LogP contribution in [0.2, 0.25) is 0 Å². The fourth-order valence-electron chi connectivity index (χ4n) is 5.08. The largest absolute Gasteiger partial charge is 0.247 e. The lowest BCUT2D eigenvalue weighted by Gasteiger charge is -2.23. The van der Waals surface area contributed by atoms with Gasteiger partial charge in [0.05, 0.1) is 11.4 Å². The van der Waals surface area contributed by atoms with E-state index in [4.69, 9.17) is 4.99 Å². The van der Waals surface area contributed by atoms with E-state index < -0.39 is 0 Å². The summed E-state index contributed by atoms with van der Waals surface area (Å²) in [5, 5.41) is 0. The Morgan fingerprint density at radius 3 is 2.37 bits per heavy atom. The monoisotopic (exact) mass is 351 g/mol. The van der Waals surface area contributed by atoms with Gasteiger partial charge in [-0.05, 0) is 92.1 Å². The quantitative estimate of drug-likeness (QED) is 0.521. The molecule has 0 saturated heterocycles. The molecule has 0 amide bonds. The van der Waals surface area contributed by atoms with Crippen LogP contribution < -0.4 is 0 Å². The highest BCUT2D eigenvalue weighted by Gasteiger charge is 2.37. The SMILES string of the molecule is CC1=Cc2ccccc2C1c1c(C)c(C)cc2c1C1=C(C)C(C)=C(C)C1=N2. The number of benzene rings is 2. The third-order valence-corrected chi connectivity index (χ3v) is 6.88. The fourth-order valence-corrected chi connectivity index (χ4v) is 5.08. The Kier molecular flexibility index (Phi) is 3.31. The summed E-state index contributed by atoms with van der Waals surface area (Å²) >= 11 is 0. The van der Waals surface area contributed by atoms with Crippen LogP contribution >= 0.6 is 0 Å². The number of fused-ring (bicyclic) bond motifs is 4. The van der Waals surface area contributed by atoms with Crippen molar-refractivity contribution < 1.29 is 0 Å². The standard InChI is InChI=1S/C26H25N/c1-13-12-21-25(24-17(5)16(4)18(6)26(24)27-21)23(15(13)3)22-14(2)11-19-9-7-8-10-20(19)22/h7-12,22H,1-6H3. The van der Waals surface area contributed by atoms with Crippen molar-refractivity contribution in [2.75, 3.05) is 0 Å². The van der Waals surface area contributed by atoms with E-state index in [2.05, 4.69) is 78.0 Å². The van der Waals surface area contributed by atoms with Gasteiger partial charge in [-0.2, -0.15) is 0 Å². The van der Waals surface area contributed by atoms with Gasteiger partial charge in [-0.1, -0.05) is 35.9 Å². The topological polar surface area (TPSA) is 12.4 Å². The molecule has 27 heavy (non-hydrogen) atoms. The highest BCUT2D eigenvalue weighted by atomic mass is 14.8. The van der Waals surface area contributed by atoms with E-state index in [0.29, 0.717) is 5.92 Å². The minimum Gasteiger partial charge on any atom is -0.247 e. The van der Waals surface area contributed by atoms with Crippen LogP contribution in [-0.4, -0.2) is 5.71 Å². The van der Waals surface area contributed by atoms with Crippen LogP contribution in [0.4, 0.5) is 5.69 Å². The molecule has 1 nitrogen and oxygen atoms in total. The van der Waals surface area contributed by atoms with Crippen molar-refractivity contribution in [2.45, 2.75) is 47.5 Å². The van der Waals surface area contributed by atoms with Crippen LogP contribution in [0.1, 0.15) is 67.0 Å². The minimum absolute atomic E-state index is 0.325. The average molecular weight is 351 g/mol. The van der Waals surface area contributed by atoms with Crippen molar-refractivity contribution in [1.82, 2.24) is 0 Å². The molecule has 1 heteroatoms. The molecule has 1 heterocycles. The van der Waals surface area contributed by atoms with Crippen LogP contribution in [0.5, 0.6) is 0 Å². The van der Waals surface area contributed by atoms with E-state index in [1.165, 1.54) is 67.0 Å². The summed E-state index contributed by atoms with van der Waals surface area (Å²) < 4.78 is 0. The fraction of sp³-hybridized carbons (Fsp3) is 0.269. The molecule has 0 bridgehead atoms.